The van der Waals surface area contributed by atoms with E-state index >= 15 is 0 Å². The summed E-state index contributed by atoms with van der Waals surface area (Å²) in [5, 5.41) is 0. The molecular weight excluding hydrogens is 172 g/mol. The van der Waals surface area contributed by atoms with Crippen molar-refractivity contribution in [3.63, 3.8) is 0 Å². The van der Waals surface area contributed by atoms with Gasteiger partial charge in [-0.05, 0) is 20.3 Å². The molecule has 0 aliphatic carbocycles. The monoisotopic (exact) mass is 188 g/mol. The number of ether oxygens (including phenoxy) is 2. The molecule has 0 aromatic carbocycles. The molecule has 13 heavy (non-hydrogen) atoms. The first kappa shape index (κ1) is 10.4. The number of hydrogen-bond donors (Lipinski definition) is 2. The van der Waals surface area contributed by atoms with Crippen LogP contribution in [0.25, 0.3) is 0 Å². The zero-order valence-electron chi connectivity index (χ0n) is 8.00. The molecule has 1 unspecified atom stereocenters. The van der Waals surface area contributed by atoms with Gasteiger partial charge < -0.3 is 9.47 Å². The van der Waals surface area contributed by atoms with E-state index in [-0.39, 0.29) is 11.8 Å². The van der Waals surface area contributed by atoms with Gasteiger partial charge in [-0.25, -0.2) is 5.84 Å². The van der Waals surface area contributed by atoms with Gasteiger partial charge in [0, 0.05) is 0 Å². The van der Waals surface area contributed by atoms with E-state index in [0.29, 0.717) is 19.6 Å². The summed E-state index contributed by atoms with van der Waals surface area (Å²) in [6.07, 6.45) is 0.645. The quantitative estimate of drug-likeness (QED) is 0.338. The van der Waals surface area contributed by atoms with Gasteiger partial charge in [0.1, 0.15) is 0 Å². The molecule has 1 saturated heterocycles. The maximum atomic E-state index is 11.2. The Labute approximate surface area is 77.5 Å². The lowest BCUT2D eigenvalue weighted by molar-refractivity contribution is -0.201. The molecule has 0 bridgehead atoms. The van der Waals surface area contributed by atoms with Crippen molar-refractivity contribution in [3.05, 3.63) is 0 Å². The van der Waals surface area contributed by atoms with E-state index < -0.39 is 5.79 Å². The lowest BCUT2D eigenvalue weighted by Crippen LogP contribution is -2.38. The number of amides is 1. The Bertz CT molecular complexity index is 194. The molecule has 1 aliphatic heterocycles. The largest absolute Gasteiger partial charge is 0.351 e. The molecule has 5 heteroatoms. The maximum Gasteiger partial charge on any atom is 0.239 e. The van der Waals surface area contributed by atoms with Crippen LogP contribution in [0.15, 0.2) is 0 Å². The van der Waals surface area contributed by atoms with Crippen molar-refractivity contribution < 1.29 is 14.3 Å². The van der Waals surface area contributed by atoms with E-state index in [1.54, 1.807) is 0 Å². The fourth-order valence-corrected chi connectivity index (χ4v) is 1.20. The summed E-state index contributed by atoms with van der Waals surface area (Å²) < 4.78 is 10.8. The first-order chi connectivity index (χ1) is 6.05. The number of hydrazine groups is 1. The van der Waals surface area contributed by atoms with E-state index in [0.717, 1.165) is 0 Å². The van der Waals surface area contributed by atoms with Crippen LogP contribution in [0.3, 0.4) is 0 Å². The van der Waals surface area contributed by atoms with Crippen LogP contribution in [0.1, 0.15) is 20.3 Å². The molecule has 5 nitrogen and oxygen atoms in total. The lowest BCUT2D eigenvalue weighted by atomic mass is 10.1. The summed E-state index contributed by atoms with van der Waals surface area (Å²) in [7, 11) is 0. The highest BCUT2D eigenvalue weighted by Gasteiger charge is 2.28. The van der Waals surface area contributed by atoms with E-state index in [9.17, 15) is 4.79 Å². The van der Waals surface area contributed by atoms with Gasteiger partial charge in [0.05, 0.1) is 19.1 Å². The van der Waals surface area contributed by atoms with Gasteiger partial charge in [0.2, 0.25) is 5.91 Å². The van der Waals surface area contributed by atoms with Crippen molar-refractivity contribution in [2.24, 2.45) is 11.8 Å². The average molecular weight is 188 g/mol. The van der Waals surface area contributed by atoms with Gasteiger partial charge in [-0.1, -0.05) is 0 Å². The second-order valence-corrected chi connectivity index (χ2v) is 3.55. The Morgan fingerprint density at radius 3 is 2.85 bits per heavy atom. The zero-order chi connectivity index (χ0) is 9.90. The molecule has 1 amide bonds. The number of nitrogens with one attached hydrogen (secondary N) is 1. The second-order valence-electron chi connectivity index (χ2n) is 3.55. The van der Waals surface area contributed by atoms with Gasteiger partial charge in [0.15, 0.2) is 5.79 Å². The zero-order valence-corrected chi connectivity index (χ0v) is 8.00. The Kier molecular flexibility index (Phi) is 3.24. The van der Waals surface area contributed by atoms with Gasteiger partial charge in [0.25, 0.3) is 0 Å². The van der Waals surface area contributed by atoms with Crippen molar-refractivity contribution in [3.8, 4) is 0 Å². The Morgan fingerprint density at radius 2 is 2.23 bits per heavy atom. The van der Waals surface area contributed by atoms with E-state index in [1.807, 2.05) is 13.8 Å². The molecule has 0 spiro atoms. The fraction of sp³-hybridized carbons (Fsp3) is 0.875. The smallest absolute Gasteiger partial charge is 0.239 e. The number of carbonyl (C=O) groups excluding carboxylic acids is 1. The highest BCUT2D eigenvalue weighted by molar-refractivity contribution is 5.78. The predicted octanol–water partition coefficient (Wildman–Crippen LogP) is -0.235. The molecule has 1 atom stereocenters. The Balaban J connectivity index is 2.49. The van der Waals surface area contributed by atoms with Crippen molar-refractivity contribution in [2.45, 2.75) is 26.1 Å². The molecule has 0 aromatic heterocycles. The topological polar surface area (TPSA) is 73.6 Å². The first-order valence-electron chi connectivity index (χ1n) is 4.33. The van der Waals surface area contributed by atoms with E-state index in [1.165, 1.54) is 0 Å². The standard InChI is InChI=1S/C8H16N2O3/c1-8(2)12-4-3-6(5-13-8)7(11)10-9/h6H,3-5,9H2,1-2H3,(H,10,11). The molecule has 1 fully saturated rings. The number of carbonyl (C=O) groups is 1. The highest BCUT2D eigenvalue weighted by atomic mass is 16.7. The summed E-state index contributed by atoms with van der Waals surface area (Å²) in [5.74, 6) is 4.04. The van der Waals surface area contributed by atoms with Gasteiger partial charge in [-0.3, -0.25) is 10.2 Å². The third-order valence-electron chi connectivity index (χ3n) is 2.06. The van der Waals surface area contributed by atoms with E-state index in [4.69, 9.17) is 15.3 Å². The van der Waals surface area contributed by atoms with Gasteiger partial charge >= 0.3 is 0 Å². The third kappa shape index (κ3) is 2.95. The SMILES string of the molecule is CC1(C)OCCC(C(=O)NN)CO1. The molecular formula is C8H16N2O3. The minimum Gasteiger partial charge on any atom is -0.351 e. The number of rotatable bonds is 1. The van der Waals surface area contributed by atoms with Gasteiger partial charge in [-0.2, -0.15) is 0 Å². The fourth-order valence-electron chi connectivity index (χ4n) is 1.20. The molecule has 1 aliphatic rings. The lowest BCUT2D eigenvalue weighted by Gasteiger charge is -2.22. The van der Waals surface area contributed by atoms with Crippen LogP contribution in [-0.4, -0.2) is 24.9 Å². The third-order valence-corrected chi connectivity index (χ3v) is 2.06. The van der Waals surface area contributed by atoms with Crippen LogP contribution in [0, 0.1) is 5.92 Å². The molecule has 1 rings (SSSR count). The molecule has 0 aromatic rings. The first-order valence-corrected chi connectivity index (χ1v) is 4.33. The minimum absolute atomic E-state index is 0.193. The molecule has 76 valence electrons. The van der Waals surface area contributed by atoms with Crippen LogP contribution < -0.4 is 11.3 Å². The summed E-state index contributed by atoms with van der Waals surface area (Å²) in [5.41, 5.74) is 2.12. The maximum absolute atomic E-state index is 11.2. The van der Waals surface area contributed by atoms with Crippen molar-refractivity contribution in [1.82, 2.24) is 5.43 Å². The minimum atomic E-state index is -0.594. The van der Waals surface area contributed by atoms with Gasteiger partial charge in [-0.15, -0.1) is 0 Å². The highest BCUT2D eigenvalue weighted by Crippen LogP contribution is 2.19. The van der Waals surface area contributed by atoms with Crippen LogP contribution in [0.4, 0.5) is 0 Å². The van der Waals surface area contributed by atoms with Crippen LogP contribution in [0.5, 0.6) is 0 Å². The Morgan fingerprint density at radius 1 is 1.54 bits per heavy atom. The molecule has 0 saturated carbocycles. The second kappa shape index (κ2) is 4.04. The predicted molar refractivity (Wildman–Crippen MR) is 46.4 cm³/mol. The van der Waals surface area contributed by atoms with Crippen LogP contribution in [0.2, 0.25) is 0 Å². The van der Waals surface area contributed by atoms with E-state index in [2.05, 4.69) is 5.43 Å². The average Bonchev–Trinajstić information content (AvgIpc) is 2.25. The normalized spacial score (nSPS) is 27.8. The summed E-state index contributed by atoms with van der Waals surface area (Å²) in [6, 6.07) is 0. The summed E-state index contributed by atoms with van der Waals surface area (Å²) in [6.45, 7) is 4.53. The molecule has 0 radical (unpaired) electrons. The van der Waals surface area contributed by atoms with Crippen LogP contribution >= 0.6 is 0 Å². The number of nitrogens with two attached hydrogens (primary N) is 1. The molecule has 3 N–H and O–H groups in total. The van der Waals surface area contributed by atoms with Crippen molar-refractivity contribution in [1.29, 1.82) is 0 Å². The number of hydrogen-bond acceptors (Lipinski definition) is 4. The van der Waals surface area contributed by atoms with Crippen molar-refractivity contribution in [2.75, 3.05) is 13.2 Å². The Hall–Kier alpha value is -0.650. The van der Waals surface area contributed by atoms with Crippen molar-refractivity contribution >= 4 is 5.91 Å². The van der Waals surface area contributed by atoms with Crippen LogP contribution in [-0.2, 0) is 14.3 Å². The molecule has 1 heterocycles. The summed E-state index contributed by atoms with van der Waals surface area (Å²) in [4.78, 5) is 11.2. The summed E-state index contributed by atoms with van der Waals surface area (Å²) >= 11 is 0.